The van der Waals surface area contributed by atoms with Crippen LogP contribution in [0.4, 0.5) is 0 Å². The number of ketones is 1. The lowest BCUT2D eigenvalue weighted by Crippen LogP contribution is -2.23. The Kier molecular flexibility index (Phi) is 4.87. The Hall–Kier alpha value is -2.40. The van der Waals surface area contributed by atoms with Gasteiger partial charge in [-0.1, -0.05) is 19.3 Å². The van der Waals surface area contributed by atoms with Crippen LogP contribution in [-0.2, 0) is 4.79 Å². The fraction of sp³-hybridized carbons (Fsp3) is 0.364. The first kappa shape index (κ1) is 18.0. The second-order valence-corrected chi connectivity index (χ2v) is 8.18. The zero-order valence-corrected chi connectivity index (χ0v) is 16.4. The van der Waals surface area contributed by atoms with E-state index in [0.29, 0.717) is 28.4 Å². The smallest absolute Gasteiger partial charge is 0.314 e. The minimum absolute atomic E-state index is 0.0220. The van der Waals surface area contributed by atoms with Crippen molar-refractivity contribution in [3.8, 4) is 11.5 Å². The van der Waals surface area contributed by atoms with Crippen molar-refractivity contribution in [1.82, 2.24) is 0 Å². The second kappa shape index (κ2) is 7.31. The van der Waals surface area contributed by atoms with E-state index in [1.165, 1.54) is 6.42 Å². The average Bonchev–Trinajstić information content (AvgIpc) is 3.22. The van der Waals surface area contributed by atoms with Gasteiger partial charge in [-0.15, -0.1) is 11.3 Å². The molecule has 27 heavy (non-hydrogen) atoms. The number of Topliss-reactive ketones (excluding diaryl/α,β-unsaturated/α-hetero) is 1. The number of fused-ring (bicyclic) bond motifs is 1. The van der Waals surface area contributed by atoms with Crippen LogP contribution in [0, 0.1) is 19.8 Å². The topological polar surface area (TPSA) is 52.6 Å². The van der Waals surface area contributed by atoms with Crippen molar-refractivity contribution in [2.45, 2.75) is 46.0 Å². The number of thiophene rings is 1. The number of carbonyl (C=O) groups is 2. The van der Waals surface area contributed by atoms with Crippen molar-refractivity contribution in [3.63, 3.8) is 0 Å². The van der Waals surface area contributed by atoms with Gasteiger partial charge in [0, 0.05) is 16.5 Å². The molecule has 5 heteroatoms. The number of hydrogen-bond donors (Lipinski definition) is 0. The van der Waals surface area contributed by atoms with E-state index in [-0.39, 0.29) is 17.7 Å². The van der Waals surface area contributed by atoms with E-state index in [1.807, 2.05) is 25.3 Å². The number of rotatable bonds is 3. The minimum Gasteiger partial charge on any atom is -0.452 e. The molecular formula is C22H22O4S. The number of esters is 1. The van der Waals surface area contributed by atoms with Gasteiger partial charge in [0.1, 0.15) is 11.5 Å². The normalized spacial score (nSPS) is 18.4. The van der Waals surface area contributed by atoms with Crippen molar-refractivity contribution < 1.29 is 19.1 Å². The Morgan fingerprint density at radius 3 is 2.67 bits per heavy atom. The molecule has 2 heterocycles. The SMILES string of the molecule is Cc1ccsc1/C=C1\Oc2c(ccc(OC(=O)C3CCCCC3)c2C)C1=O. The minimum atomic E-state index is -0.174. The summed E-state index contributed by atoms with van der Waals surface area (Å²) in [5.41, 5.74) is 2.32. The van der Waals surface area contributed by atoms with Crippen LogP contribution >= 0.6 is 11.3 Å². The van der Waals surface area contributed by atoms with E-state index in [0.717, 1.165) is 36.1 Å². The molecule has 1 aromatic heterocycles. The summed E-state index contributed by atoms with van der Waals surface area (Å²) in [5, 5.41) is 1.99. The molecule has 2 aliphatic rings. The lowest BCUT2D eigenvalue weighted by Gasteiger charge is -2.20. The van der Waals surface area contributed by atoms with Crippen molar-refractivity contribution in [2.75, 3.05) is 0 Å². The molecule has 0 saturated heterocycles. The quantitative estimate of drug-likeness (QED) is 0.401. The van der Waals surface area contributed by atoms with Gasteiger partial charge in [0.2, 0.25) is 5.78 Å². The molecule has 0 radical (unpaired) electrons. The van der Waals surface area contributed by atoms with Crippen molar-refractivity contribution in [2.24, 2.45) is 5.92 Å². The third-order valence-corrected chi connectivity index (χ3v) is 6.32. The summed E-state index contributed by atoms with van der Waals surface area (Å²) in [7, 11) is 0. The molecule has 4 rings (SSSR count). The van der Waals surface area contributed by atoms with Gasteiger partial charge in [-0.3, -0.25) is 9.59 Å². The fourth-order valence-electron chi connectivity index (χ4n) is 3.66. The largest absolute Gasteiger partial charge is 0.452 e. The molecule has 0 spiro atoms. The monoisotopic (exact) mass is 382 g/mol. The van der Waals surface area contributed by atoms with Crippen LogP contribution in [0.15, 0.2) is 29.3 Å². The van der Waals surface area contributed by atoms with Gasteiger partial charge in [0.05, 0.1) is 11.5 Å². The lowest BCUT2D eigenvalue weighted by atomic mass is 9.89. The van der Waals surface area contributed by atoms with Gasteiger partial charge in [-0.2, -0.15) is 0 Å². The van der Waals surface area contributed by atoms with Crippen LogP contribution in [0.3, 0.4) is 0 Å². The van der Waals surface area contributed by atoms with Gasteiger partial charge in [0.25, 0.3) is 0 Å². The van der Waals surface area contributed by atoms with E-state index in [9.17, 15) is 9.59 Å². The Balaban J connectivity index is 1.57. The molecule has 0 N–H and O–H groups in total. The van der Waals surface area contributed by atoms with Gasteiger partial charge in [-0.25, -0.2) is 0 Å². The predicted molar refractivity (Wildman–Crippen MR) is 105 cm³/mol. The average molecular weight is 382 g/mol. The molecule has 1 aromatic carbocycles. The highest BCUT2D eigenvalue weighted by atomic mass is 32.1. The van der Waals surface area contributed by atoms with E-state index in [4.69, 9.17) is 9.47 Å². The van der Waals surface area contributed by atoms with E-state index >= 15 is 0 Å². The molecule has 2 aromatic rings. The molecule has 1 aliphatic carbocycles. The Morgan fingerprint density at radius 1 is 1.19 bits per heavy atom. The Morgan fingerprint density at radius 2 is 1.96 bits per heavy atom. The molecule has 0 amide bonds. The number of allylic oxidation sites excluding steroid dienone is 1. The molecule has 0 unspecified atom stereocenters. The maximum absolute atomic E-state index is 12.7. The predicted octanol–water partition coefficient (Wildman–Crippen LogP) is 5.47. The first-order chi connectivity index (χ1) is 13.0. The fourth-order valence-corrected chi connectivity index (χ4v) is 4.51. The maximum atomic E-state index is 12.7. The summed E-state index contributed by atoms with van der Waals surface area (Å²) < 4.78 is 11.5. The number of ether oxygens (including phenoxy) is 2. The number of hydrogen-bond acceptors (Lipinski definition) is 5. The third-order valence-electron chi connectivity index (χ3n) is 5.35. The maximum Gasteiger partial charge on any atom is 0.314 e. The molecule has 4 nitrogen and oxygen atoms in total. The standard InChI is InChI=1S/C22H22O4S/c1-13-10-11-27-19(13)12-18-20(23)16-8-9-17(14(2)21(16)25-18)26-22(24)15-6-4-3-5-7-15/h8-12,15H,3-7H2,1-2H3/b18-12-. The summed E-state index contributed by atoms with van der Waals surface area (Å²) in [6.07, 6.45) is 6.93. The number of aryl methyl sites for hydroxylation is 1. The lowest BCUT2D eigenvalue weighted by molar-refractivity contribution is -0.140. The summed E-state index contributed by atoms with van der Waals surface area (Å²) in [6, 6.07) is 5.41. The third kappa shape index (κ3) is 3.44. The van der Waals surface area contributed by atoms with Gasteiger partial charge >= 0.3 is 5.97 Å². The zero-order valence-electron chi connectivity index (χ0n) is 15.5. The molecule has 0 bridgehead atoms. The molecule has 140 valence electrons. The summed E-state index contributed by atoms with van der Waals surface area (Å²) in [4.78, 5) is 26.1. The van der Waals surface area contributed by atoms with Crippen LogP contribution in [0.2, 0.25) is 0 Å². The van der Waals surface area contributed by atoms with E-state index in [2.05, 4.69) is 0 Å². The first-order valence-electron chi connectivity index (χ1n) is 9.38. The zero-order chi connectivity index (χ0) is 19.0. The van der Waals surface area contributed by atoms with Crippen LogP contribution in [0.5, 0.6) is 11.5 Å². The van der Waals surface area contributed by atoms with Gasteiger partial charge < -0.3 is 9.47 Å². The Bertz CT molecular complexity index is 932. The number of carbonyl (C=O) groups excluding carboxylic acids is 2. The molecule has 1 aliphatic heterocycles. The highest BCUT2D eigenvalue weighted by molar-refractivity contribution is 7.11. The van der Waals surface area contributed by atoms with Crippen LogP contribution < -0.4 is 9.47 Å². The van der Waals surface area contributed by atoms with Gasteiger partial charge in [-0.05, 0) is 55.8 Å². The molecule has 0 atom stereocenters. The van der Waals surface area contributed by atoms with Crippen LogP contribution in [0.1, 0.15) is 58.5 Å². The van der Waals surface area contributed by atoms with Crippen LogP contribution in [0.25, 0.3) is 6.08 Å². The second-order valence-electron chi connectivity index (χ2n) is 7.23. The van der Waals surface area contributed by atoms with Crippen molar-refractivity contribution >= 4 is 29.2 Å². The van der Waals surface area contributed by atoms with Gasteiger partial charge in [0.15, 0.2) is 5.76 Å². The summed E-state index contributed by atoms with van der Waals surface area (Å²) in [6.45, 7) is 3.83. The van der Waals surface area contributed by atoms with E-state index in [1.54, 1.807) is 29.5 Å². The first-order valence-corrected chi connectivity index (χ1v) is 10.3. The summed E-state index contributed by atoms with van der Waals surface area (Å²) >= 11 is 1.57. The molecular weight excluding hydrogens is 360 g/mol. The molecule has 1 saturated carbocycles. The Labute approximate surface area is 162 Å². The van der Waals surface area contributed by atoms with E-state index < -0.39 is 0 Å². The summed E-state index contributed by atoms with van der Waals surface area (Å²) in [5.74, 6) is 0.957. The number of benzene rings is 1. The molecule has 1 fully saturated rings. The highest BCUT2D eigenvalue weighted by Gasteiger charge is 2.31. The van der Waals surface area contributed by atoms with Crippen molar-refractivity contribution in [3.05, 3.63) is 50.9 Å². The van der Waals surface area contributed by atoms with Crippen LogP contribution in [-0.4, -0.2) is 11.8 Å². The highest BCUT2D eigenvalue weighted by Crippen LogP contribution is 2.40. The van der Waals surface area contributed by atoms with Crippen molar-refractivity contribution in [1.29, 1.82) is 0 Å².